The predicted molar refractivity (Wildman–Crippen MR) is 91.7 cm³/mol. The molecule has 0 radical (unpaired) electrons. The van der Waals surface area contributed by atoms with Gasteiger partial charge in [-0.05, 0) is 11.6 Å². The van der Waals surface area contributed by atoms with Crippen LogP contribution in [0, 0.1) is 0 Å². The number of para-hydroxylation sites is 1. The van der Waals surface area contributed by atoms with Crippen molar-refractivity contribution in [3.63, 3.8) is 0 Å². The first-order chi connectivity index (χ1) is 10.9. The zero-order valence-corrected chi connectivity index (χ0v) is 14.0. The van der Waals surface area contributed by atoms with Crippen LogP contribution in [0.25, 0.3) is 4.96 Å². The van der Waals surface area contributed by atoms with Crippen molar-refractivity contribution in [1.82, 2.24) is 9.38 Å². The van der Waals surface area contributed by atoms with Gasteiger partial charge >= 0.3 is 0 Å². The number of hydrogen-bond donors (Lipinski definition) is 1. The smallest absolute Gasteiger partial charge is 0.258 e. The van der Waals surface area contributed by atoms with Crippen LogP contribution in [0.2, 0.25) is 0 Å². The van der Waals surface area contributed by atoms with Gasteiger partial charge in [0.2, 0.25) is 0 Å². The fourth-order valence-corrected chi connectivity index (χ4v) is 3.82. The van der Waals surface area contributed by atoms with Crippen LogP contribution in [0.3, 0.4) is 0 Å². The summed E-state index contributed by atoms with van der Waals surface area (Å²) in [5.74, 6) is -0.0315. The Kier molecular flexibility index (Phi) is 4.18. The van der Waals surface area contributed by atoms with Crippen LogP contribution in [0.1, 0.15) is 11.3 Å². The van der Waals surface area contributed by atoms with E-state index in [0.29, 0.717) is 22.8 Å². The van der Waals surface area contributed by atoms with Crippen molar-refractivity contribution >= 4 is 31.8 Å². The maximum atomic E-state index is 11.9. The number of thiazole rings is 1. The van der Waals surface area contributed by atoms with Crippen LogP contribution >= 0.6 is 11.3 Å². The first-order valence-electron chi connectivity index (χ1n) is 6.88. The number of hydrogen-bond acceptors (Lipinski definition) is 6. The molecule has 0 amide bonds. The van der Waals surface area contributed by atoms with Crippen molar-refractivity contribution in [3.8, 4) is 0 Å². The molecule has 0 saturated heterocycles. The summed E-state index contributed by atoms with van der Waals surface area (Å²) in [4.78, 5) is 17.0. The minimum Gasteiger partial charge on any atom is -0.379 e. The lowest BCUT2D eigenvalue weighted by atomic mass is 10.2. The molecule has 0 aliphatic rings. The number of fused-ring (bicyclic) bond motifs is 1. The Morgan fingerprint density at radius 2 is 2.09 bits per heavy atom. The summed E-state index contributed by atoms with van der Waals surface area (Å²) >= 11 is 1.39. The second kappa shape index (κ2) is 6.13. The SMILES string of the molecule is CS(=O)(=O)Cc1ccccc1NCc1cc(=O)n2ccsc2n1. The Morgan fingerprint density at radius 3 is 2.87 bits per heavy atom. The molecule has 0 atom stereocenters. The number of sulfone groups is 1. The molecule has 6 nitrogen and oxygen atoms in total. The first-order valence-corrected chi connectivity index (χ1v) is 9.82. The summed E-state index contributed by atoms with van der Waals surface area (Å²) in [5.41, 5.74) is 1.92. The lowest BCUT2D eigenvalue weighted by Gasteiger charge is -2.11. The average molecular weight is 349 g/mol. The van der Waals surface area contributed by atoms with Crippen molar-refractivity contribution in [2.45, 2.75) is 12.3 Å². The number of nitrogens with one attached hydrogen (secondary N) is 1. The largest absolute Gasteiger partial charge is 0.379 e. The summed E-state index contributed by atoms with van der Waals surface area (Å²) in [6.45, 7) is 0.352. The molecule has 3 aromatic rings. The fraction of sp³-hybridized carbons (Fsp3) is 0.200. The molecule has 1 N–H and O–H groups in total. The van der Waals surface area contributed by atoms with Gasteiger partial charge in [-0.15, -0.1) is 11.3 Å². The Bertz CT molecular complexity index is 1010. The van der Waals surface area contributed by atoms with Gasteiger partial charge in [0.1, 0.15) is 0 Å². The fourth-order valence-electron chi connectivity index (χ4n) is 2.27. The minimum atomic E-state index is -3.12. The number of nitrogens with zero attached hydrogens (tertiary/aromatic N) is 2. The topological polar surface area (TPSA) is 80.5 Å². The number of aromatic nitrogens is 2. The minimum absolute atomic E-state index is 0.0315. The summed E-state index contributed by atoms with van der Waals surface area (Å²) in [6, 6.07) is 8.70. The molecule has 2 aromatic heterocycles. The van der Waals surface area contributed by atoms with Crippen molar-refractivity contribution in [1.29, 1.82) is 0 Å². The molecule has 120 valence electrons. The van der Waals surface area contributed by atoms with Gasteiger partial charge in [-0.3, -0.25) is 9.20 Å². The molecule has 1 aromatic carbocycles. The summed E-state index contributed by atoms with van der Waals surface area (Å²) in [7, 11) is -3.12. The van der Waals surface area contributed by atoms with Crippen molar-refractivity contribution in [3.05, 3.63) is 63.5 Å². The molecule has 0 aliphatic carbocycles. The number of benzene rings is 1. The monoisotopic (exact) mass is 349 g/mol. The van der Waals surface area contributed by atoms with Crippen LogP contribution < -0.4 is 10.9 Å². The van der Waals surface area contributed by atoms with E-state index in [1.165, 1.54) is 28.1 Å². The highest BCUT2D eigenvalue weighted by Crippen LogP contribution is 2.18. The molecular formula is C15H15N3O3S2. The molecule has 0 fully saturated rings. The summed E-state index contributed by atoms with van der Waals surface area (Å²) in [6.07, 6.45) is 2.89. The van der Waals surface area contributed by atoms with E-state index in [0.717, 1.165) is 5.69 Å². The van der Waals surface area contributed by atoms with E-state index in [-0.39, 0.29) is 11.3 Å². The van der Waals surface area contributed by atoms with Crippen LogP contribution in [-0.2, 0) is 22.1 Å². The molecule has 0 unspecified atom stereocenters. The van der Waals surface area contributed by atoms with Gasteiger partial charge in [0.25, 0.3) is 5.56 Å². The first kappa shape index (κ1) is 15.7. The zero-order valence-electron chi connectivity index (χ0n) is 12.4. The van der Waals surface area contributed by atoms with E-state index in [2.05, 4.69) is 10.3 Å². The third kappa shape index (κ3) is 3.77. The van der Waals surface area contributed by atoms with Gasteiger partial charge in [0.15, 0.2) is 14.8 Å². The van der Waals surface area contributed by atoms with Gasteiger partial charge in [-0.2, -0.15) is 0 Å². The molecule has 0 aliphatic heterocycles. The third-order valence-corrected chi connectivity index (χ3v) is 4.84. The standard InChI is InChI=1S/C15H15N3O3S2/c1-23(20,21)10-11-4-2-3-5-13(11)16-9-12-8-14(19)18-6-7-22-15(18)17-12/h2-8,16H,9-10H2,1H3. The van der Waals surface area contributed by atoms with E-state index >= 15 is 0 Å². The van der Waals surface area contributed by atoms with E-state index in [4.69, 9.17) is 0 Å². The second-order valence-corrected chi connectivity index (χ2v) is 8.24. The van der Waals surface area contributed by atoms with E-state index in [1.54, 1.807) is 18.3 Å². The normalized spacial score (nSPS) is 11.7. The second-order valence-electron chi connectivity index (χ2n) is 5.22. The van der Waals surface area contributed by atoms with Crippen molar-refractivity contribution in [2.24, 2.45) is 0 Å². The number of rotatable bonds is 5. The van der Waals surface area contributed by atoms with Crippen LogP contribution in [-0.4, -0.2) is 24.1 Å². The highest BCUT2D eigenvalue weighted by molar-refractivity contribution is 7.89. The number of anilines is 1. The van der Waals surface area contributed by atoms with E-state index in [9.17, 15) is 13.2 Å². The Labute approximate surface area is 137 Å². The third-order valence-electron chi connectivity index (χ3n) is 3.25. The van der Waals surface area contributed by atoms with Gasteiger partial charge in [0.05, 0.1) is 18.0 Å². The molecule has 2 heterocycles. The Morgan fingerprint density at radius 1 is 1.30 bits per heavy atom. The van der Waals surface area contributed by atoms with E-state index < -0.39 is 9.84 Å². The molecule has 0 bridgehead atoms. The molecular weight excluding hydrogens is 334 g/mol. The van der Waals surface area contributed by atoms with Gasteiger partial charge in [0, 0.05) is 29.6 Å². The van der Waals surface area contributed by atoms with Gasteiger partial charge in [-0.25, -0.2) is 13.4 Å². The molecule has 23 heavy (non-hydrogen) atoms. The average Bonchev–Trinajstić information content (AvgIpc) is 2.94. The van der Waals surface area contributed by atoms with Crippen LogP contribution in [0.4, 0.5) is 5.69 Å². The Balaban J connectivity index is 1.84. The van der Waals surface area contributed by atoms with Gasteiger partial charge < -0.3 is 5.32 Å². The van der Waals surface area contributed by atoms with Gasteiger partial charge in [-0.1, -0.05) is 18.2 Å². The van der Waals surface area contributed by atoms with Crippen LogP contribution in [0.5, 0.6) is 0 Å². The summed E-state index contributed by atoms with van der Waals surface area (Å²) in [5, 5.41) is 4.97. The van der Waals surface area contributed by atoms with Crippen LogP contribution in [0.15, 0.2) is 46.7 Å². The summed E-state index contributed by atoms with van der Waals surface area (Å²) < 4.78 is 24.5. The highest BCUT2D eigenvalue weighted by Gasteiger charge is 2.09. The van der Waals surface area contributed by atoms with E-state index in [1.807, 2.05) is 17.5 Å². The van der Waals surface area contributed by atoms with Crippen molar-refractivity contribution in [2.75, 3.05) is 11.6 Å². The Hall–Kier alpha value is -2.19. The lowest BCUT2D eigenvalue weighted by molar-refractivity contribution is 0.601. The zero-order chi connectivity index (χ0) is 16.4. The molecule has 0 spiro atoms. The molecule has 8 heteroatoms. The molecule has 0 saturated carbocycles. The predicted octanol–water partition coefficient (Wildman–Crippen LogP) is 1.91. The maximum Gasteiger partial charge on any atom is 0.258 e. The maximum absolute atomic E-state index is 11.9. The molecule has 3 rings (SSSR count). The quantitative estimate of drug-likeness (QED) is 0.761. The lowest BCUT2D eigenvalue weighted by Crippen LogP contribution is -2.15. The highest BCUT2D eigenvalue weighted by atomic mass is 32.2. The van der Waals surface area contributed by atoms with Crippen molar-refractivity contribution < 1.29 is 8.42 Å².